The van der Waals surface area contributed by atoms with Gasteiger partial charge in [-0.1, -0.05) is 0 Å². The number of nitrogens with two attached hydrogens (primary N) is 1. The molecule has 1 heterocycles. The molecule has 1 aliphatic rings. The van der Waals surface area contributed by atoms with Crippen LogP contribution in [-0.4, -0.2) is 12.1 Å². The molecule has 0 radical (unpaired) electrons. The van der Waals surface area contributed by atoms with E-state index in [2.05, 4.69) is 0 Å². The van der Waals surface area contributed by atoms with Gasteiger partial charge in [0.05, 0.1) is 6.10 Å². The van der Waals surface area contributed by atoms with Crippen LogP contribution < -0.4 is 15.2 Å². The molecule has 1 aromatic carbocycles. The van der Waals surface area contributed by atoms with Gasteiger partial charge in [-0.3, -0.25) is 0 Å². The molecule has 0 bridgehead atoms. The van der Waals surface area contributed by atoms with E-state index in [0.29, 0.717) is 6.04 Å². The predicted molar refractivity (Wildman–Crippen MR) is 73.8 cm³/mol. The molecule has 100 valence electrons. The molecule has 1 aliphatic carbocycles. The fraction of sp³-hybridized carbons (Fsp3) is 0.400. The molecular formula is C15H18N2O2. The van der Waals surface area contributed by atoms with Gasteiger partial charge in [0, 0.05) is 17.5 Å². The first-order valence-corrected chi connectivity index (χ1v) is 6.75. The molecule has 2 N–H and O–H groups in total. The quantitative estimate of drug-likeness (QED) is 0.663. The number of aromatic nitrogens is 1. The van der Waals surface area contributed by atoms with Crippen molar-refractivity contribution in [1.29, 1.82) is 0 Å². The number of benzene rings is 1. The first-order valence-electron chi connectivity index (χ1n) is 6.75. The summed E-state index contributed by atoms with van der Waals surface area (Å²) in [6.07, 6.45) is 7.46. The summed E-state index contributed by atoms with van der Waals surface area (Å²) in [4.78, 5) is 0. The Morgan fingerprint density at radius 2 is 1.89 bits per heavy atom. The van der Waals surface area contributed by atoms with E-state index in [1.165, 1.54) is 6.20 Å². The van der Waals surface area contributed by atoms with Crippen LogP contribution in [0.4, 0.5) is 0 Å². The van der Waals surface area contributed by atoms with E-state index in [1.807, 2.05) is 24.3 Å². The maximum Gasteiger partial charge on any atom is 0.188 e. The van der Waals surface area contributed by atoms with Crippen LogP contribution in [0.25, 0.3) is 10.8 Å². The number of pyridine rings is 1. The normalized spacial score (nSPS) is 23.4. The third kappa shape index (κ3) is 2.79. The summed E-state index contributed by atoms with van der Waals surface area (Å²) in [5.74, 6) is 0.872. The molecule has 0 unspecified atom stereocenters. The van der Waals surface area contributed by atoms with Crippen LogP contribution in [-0.2, 0) is 0 Å². The Kier molecular flexibility index (Phi) is 3.25. The lowest BCUT2D eigenvalue weighted by molar-refractivity contribution is -0.603. The molecule has 1 saturated carbocycles. The number of ether oxygens (including phenoxy) is 1. The second kappa shape index (κ2) is 5.05. The molecule has 0 spiro atoms. The number of hydrogen-bond donors (Lipinski definition) is 1. The lowest BCUT2D eigenvalue weighted by Gasteiger charge is -2.26. The van der Waals surface area contributed by atoms with Gasteiger partial charge in [0.2, 0.25) is 0 Å². The van der Waals surface area contributed by atoms with E-state index in [9.17, 15) is 5.21 Å². The number of nitrogens with zero attached hydrogens (tertiary/aromatic N) is 1. The van der Waals surface area contributed by atoms with Crippen LogP contribution in [0.5, 0.6) is 5.75 Å². The van der Waals surface area contributed by atoms with E-state index in [-0.39, 0.29) is 6.10 Å². The van der Waals surface area contributed by atoms with E-state index >= 15 is 0 Å². The van der Waals surface area contributed by atoms with Crippen molar-refractivity contribution < 1.29 is 9.47 Å². The average Bonchev–Trinajstić information content (AvgIpc) is 2.42. The lowest BCUT2D eigenvalue weighted by atomic mass is 9.94. The Hall–Kier alpha value is -1.81. The van der Waals surface area contributed by atoms with Crippen LogP contribution >= 0.6 is 0 Å². The molecule has 4 nitrogen and oxygen atoms in total. The minimum atomic E-state index is 0.269. The van der Waals surface area contributed by atoms with Gasteiger partial charge in [0.15, 0.2) is 12.4 Å². The number of hydrogen-bond acceptors (Lipinski definition) is 3. The molecule has 0 saturated heterocycles. The molecule has 3 rings (SSSR count). The first-order chi connectivity index (χ1) is 9.20. The fourth-order valence-electron chi connectivity index (χ4n) is 2.62. The third-order valence-corrected chi connectivity index (χ3v) is 3.75. The zero-order valence-electron chi connectivity index (χ0n) is 10.8. The van der Waals surface area contributed by atoms with Crippen molar-refractivity contribution in [3.63, 3.8) is 0 Å². The molecule has 4 heteroatoms. The lowest BCUT2D eigenvalue weighted by Crippen LogP contribution is -2.31. The van der Waals surface area contributed by atoms with Gasteiger partial charge < -0.3 is 15.7 Å². The van der Waals surface area contributed by atoms with Gasteiger partial charge >= 0.3 is 0 Å². The average molecular weight is 258 g/mol. The summed E-state index contributed by atoms with van der Waals surface area (Å²) in [6, 6.07) is 7.99. The van der Waals surface area contributed by atoms with Crippen LogP contribution in [0.3, 0.4) is 0 Å². The van der Waals surface area contributed by atoms with Gasteiger partial charge in [-0.25, -0.2) is 0 Å². The van der Waals surface area contributed by atoms with E-state index in [1.54, 1.807) is 6.20 Å². The monoisotopic (exact) mass is 258 g/mol. The zero-order chi connectivity index (χ0) is 13.2. The molecule has 0 atom stereocenters. The Morgan fingerprint density at radius 3 is 2.68 bits per heavy atom. The molecule has 1 aromatic heterocycles. The maximum atomic E-state index is 11.2. The third-order valence-electron chi connectivity index (χ3n) is 3.75. The van der Waals surface area contributed by atoms with Crippen LogP contribution in [0.15, 0.2) is 36.7 Å². The van der Waals surface area contributed by atoms with Crippen molar-refractivity contribution in [2.75, 3.05) is 0 Å². The summed E-state index contributed by atoms with van der Waals surface area (Å²) < 4.78 is 6.81. The Balaban J connectivity index is 1.76. The van der Waals surface area contributed by atoms with Crippen LogP contribution in [0.1, 0.15) is 25.7 Å². The Morgan fingerprint density at radius 1 is 1.11 bits per heavy atom. The van der Waals surface area contributed by atoms with Crippen molar-refractivity contribution in [2.24, 2.45) is 5.73 Å². The zero-order valence-corrected chi connectivity index (χ0v) is 10.8. The fourth-order valence-corrected chi connectivity index (χ4v) is 2.62. The first kappa shape index (κ1) is 12.2. The minimum absolute atomic E-state index is 0.269. The highest BCUT2D eigenvalue weighted by Gasteiger charge is 2.19. The second-order valence-electron chi connectivity index (χ2n) is 5.25. The van der Waals surface area contributed by atoms with Gasteiger partial charge in [-0.2, -0.15) is 4.73 Å². The van der Waals surface area contributed by atoms with Gasteiger partial charge in [0.25, 0.3) is 0 Å². The topological polar surface area (TPSA) is 62.2 Å². The van der Waals surface area contributed by atoms with Crippen molar-refractivity contribution in [3.05, 3.63) is 41.9 Å². The van der Waals surface area contributed by atoms with Gasteiger partial charge in [0.1, 0.15) is 5.75 Å². The van der Waals surface area contributed by atoms with Gasteiger partial charge in [-0.15, -0.1) is 0 Å². The Bertz CT molecular complexity index is 577. The summed E-state index contributed by atoms with van der Waals surface area (Å²) >= 11 is 0. The number of rotatable bonds is 2. The van der Waals surface area contributed by atoms with Crippen LogP contribution in [0.2, 0.25) is 0 Å². The summed E-state index contributed by atoms with van der Waals surface area (Å²) in [5.41, 5.74) is 5.89. The van der Waals surface area contributed by atoms with E-state index < -0.39 is 0 Å². The number of fused-ring (bicyclic) bond motifs is 1. The minimum Gasteiger partial charge on any atom is -0.619 e. The van der Waals surface area contributed by atoms with Crippen LogP contribution in [0, 0.1) is 5.21 Å². The van der Waals surface area contributed by atoms with Crippen molar-refractivity contribution in [3.8, 4) is 5.75 Å². The Labute approximate surface area is 112 Å². The predicted octanol–water partition coefficient (Wildman–Crippen LogP) is 2.12. The molecule has 0 amide bonds. The summed E-state index contributed by atoms with van der Waals surface area (Å²) in [5, 5.41) is 13.1. The van der Waals surface area contributed by atoms with Crippen molar-refractivity contribution in [1.82, 2.24) is 0 Å². The highest BCUT2D eigenvalue weighted by molar-refractivity contribution is 5.82. The molecular weight excluding hydrogens is 240 g/mol. The van der Waals surface area contributed by atoms with E-state index in [0.717, 1.165) is 46.9 Å². The largest absolute Gasteiger partial charge is 0.619 e. The highest BCUT2D eigenvalue weighted by atomic mass is 16.5. The second-order valence-corrected chi connectivity index (χ2v) is 5.25. The smallest absolute Gasteiger partial charge is 0.188 e. The highest BCUT2D eigenvalue weighted by Crippen LogP contribution is 2.25. The van der Waals surface area contributed by atoms with Crippen molar-refractivity contribution in [2.45, 2.75) is 37.8 Å². The molecule has 0 aliphatic heterocycles. The van der Waals surface area contributed by atoms with Gasteiger partial charge in [-0.05, 0) is 49.3 Å². The molecule has 2 aromatic rings. The standard InChI is InChI=1S/C15H18N2O2/c16-13-2-5-14(6-3-13)19-15-4-1-12-10-17(18)8-7-11(12)9-15/h1,4,7-10,13-14H,2-3,5-6,16H2/t13-,14+. The van der Waals surface area contributed by atoms with Crippen molar-refractivity contribution >= 4 is 10.8 Å². The summed E-state index contributed by atoms with van der Waals surface area (Å²) in [6.45, 7) is 0. The van der Waals surface area contributed by atoms with E-state index in [4.69, 9.17) is 10.5 Å². The molecule has 19 heavy (non-hydrogen) atoms. The summed E-state index contributed by atoms with van der Waals surface area (Å²) in [7, 11) is 0. The molecule has 1 fully saturated rings. The SMILES string of the molecule is N[C@H]1CC[C@@H](Oc2ccc3c[n+]([O-])ccc3c2)CC1. The maximum absolute atomic E-state index is 11.2.